The summed E-state index contributed by atoms with van der Waals surface area (Å²) in [5.41, 5.74) is 0.830. The van der Waals surface area contributed by atoms with E-state index in [1.54, 1.807) is 18.2 Å². The van der Waals surface area contributed by atoms with Gasteiger partial charge in [0.25, 0.3) is 0 Å². The minimum absolute atomic E-state index is 0.0688. The Bertz CT molecular complexity index is 593. The first-order valence-electron chi connectivity index (χ1n) is 7.86. The third-order valence-electron chi connectivity index (χ3n) is 3.83. The Morgan fingerprint density at radius 1 is 1.41 bits per heavy atom. The molecule has 0 radical (unpaired) electrons. The van der Waals surface area contributed by atoms with Gasteiger partial charge in [-0.05, 0) is 76.4 Å². The molecule has 1 atom stereocenters. The van der Waals surface area contributed by atoms with Crippen LogP contribution in [0.1, 0.15) is 32.3 Å². The summed E-state index contributed by atoms with van der Waals surface area (Å²) < 4.78 is 33.0. The van der Waals surface area contributed by atoms with E-state index < -0.39 is 10.0 Å². The summed E-state index contributed by atoms with van der Waals surface area (Å²) in [6, 6.07) is 4.99. The molecule has 0 saturated carbocycles. The van der Waals surface area contributed by atoms with Crippen LogP contribution in [0.4, 0.5) is 0 Å². The van der Waals surface area contributed by atoms with Crippen LogP contribution in [-0.4, -0.2) is 34.2 Å². The van der Waals surface area contributed by atoms with E-state index >= 15 is 0 Å². The van der Waals surface area contributed by atoms with E-state index in [0.29, 0.717) is 17.4 Å². The van der Waals surface area contributed by atoms with Crippen LogP contribution in [0.2, 0.25) is 0 Å². The summed E-state index contributed by atoms with van der Waals surface area (Å²) in [5.74, 6) is 1.30. The molecule has 2 rings (SSSR count). The lowest BCUT2D eigenvalue weighted by Gasteiger charge is -2.14. The molecule has 0 spiro atoms. The highest BCUT2D eigenvalue weighted by Crippen LogP contribution is 2.23. The molecule has 124 valence electrons. The average molecular weight is 326 g/mol. The lowest BCUT2D eigenvalue weighted by molar-refractivity contribution is 0.240. The van der Waals surface area contributed by atoms with Gasteiger partial charge in [0.2, 0.25) is 10.0 Å². The standard InChI is InChI=1S/C16H26N2O3S/c1-12(2)21-16-5-4-15(10-13(16)3)22(19,20)18-9-7-14-6-8-17-11-14/h4-5,10,12,14,17-18H,6-9,11H2,1-3H3. The minimum atomic E-state index is -3.45. The van der Waals surface area contributed by atoms with Crippen molar-refractivity contribution in [3.8, 4) is 5.75 Å². The van der Waals surface area contributed by atoms with E-state index in [2.05, 4.69) is 10.0 Å². The topological polar surface area (TPSA) is 67.4 Å². The van der Waals surface area contributed by atoms with E-state index in [-0.39, 0.29) is 6.10 Å². The fourth-order valence-corrected chi connectivity index (χ4v) is 3.75. The van der Waals surface area contributed by atoms with E-state index in [1.807, 2.05) is 20.8 Å². The van der Waals surface area contributed by atoms with Crippen molar-refractivity contribution in [3.05, 3.63) is 23.8 Å². The van der Waals surface area contributed by atoms with Gasteiger partial charge in [-0.1, -0.05) is 0 Å². The molecule has 1 saturated heterocycles. The van der Waals surface area contributed by atoms with Gasteiger partial charge in [-0.25, -0.2) is 13.1 Å². The van der Waals surface area contributed by atoms with Gasteiger partial charge < -0.3 is 10.1 Å². The lowest BCUT2D eigenvalue weighted by atomic mass is 10.1. The van der Waals surface area contributed by atoms with Crippen LogP contribution in [0.3, 0.4) is 0 Å². The second kappa shape index (κ2) is 7.44. The monoisotopic (exact) mass is 326 g/mol. The molecule has 1 aromatic rings. The van der Waals surface area contributed by atoms with Crippen molar-refractivity contribution in [2.45, 2.75) is 44.6 Å². The van der Waals surface area contributed by atoms with Crippen molar-refractivity contribution in [3.63, 3.8) is 0 Å². The molecule has 0 aromatic heterocycles. The molecule has 0 aliphatic carbocycles. The Kier molecular flexibility index (Phi) is 5.83. The van der Waals surface area contributed by atoms with Gasteiger partial charge in [-0.2, -0.15) is 0 Å². The van der Waals surface area contributed by atoms with Crippen LogP contribution >= 0.6 is 0 Å². The van der Waals surface area contributed by atoms with Crippen LogP contribution in [0.5, 0.6) is 5.75 Å². The molecule has 1 aliphatic rings. The van der Waals surface area contributed by atoms with Crippen molar-refractivity contribution in [2.24, 2.45) is 5.92 Å². The molecule has 1 aliphatic heterocycles. The molecular formula is C16H26N2O3S. The molecule has 1 heterocycles. The highest BCUT2D eigenvalue weighted by molar-refractivity contribution is 7.89. The largest absolute Gasteiger partial charge is 0.491 e. The Morgan fingerprint density at radius 3 is 2.77 bits per heavy atom. The maximum Gasteiger partial charge on any atom is 0.240 e. The Morgan fingerprint density at radius 2 is 2.18 bits per heavy atom. The van der Waals surface area contributed by atoms with Crippen LogP contribution in [0, 0.1) is 12.8 Å². The first-order valence-corrected chi connectivity index (χ1v) is 9.34. The summed E-state index contributed by atoms with van der Waals surface area (Å²) in [6.45, 7) is 8.27. The normalized spacial score (nSPS) is 18.8. The molecule has 1 unspecified atom stereocenters. The van der Waals surface area contributed by atoms with Crippen molar-refractivity contribution in [1.82, 2.24) is 10.0 Å². The first-order chi connectivity index (χ1) is 10.4. The number of rotatable bonds is 7. The molecule has 1 aromatic carbocycles. The van der Waals surface area contributed by atoms with Crippen molar-refractivity contribution >= 4 is 10.0 Å². The third-order valence-corrected chi connectivity index (χ3v) is 5.29. The van der Waals surface area contributed by atoms with Crippen molar-refractivity contribution in [1.29, 1.82) is 0 Å². The van der Waals surface area contributed by atoms with E-state index in [0.717, 1.165) is 37.2 Å². The average Bonchev–Trinajstić information content (AvgIpc) is 2.93. The van der Waals surface area contributed by atoms with Crippen LogP contribution < -0.4 is 14.8 Å². The summed E-state index contributed by atoms with van der Waals surface area (Å²) in [5, 5.41) is 3.29. The number of ether oxygens (including phenoxy) is 1. The van der Waals surface area contributed by atoms with Crippen LogP contribution in [0.25, 0.3) is 0 Å². The van der Waals surface area contributed by atoms with Gasteiger partial charge in [-0.15, -0.1) is 0 Å². The number of benzene rings is 1. The Balaban J connectivity index is 1.97. The molecule has 6 heteroatoms. The van der Waals surface area contributed by atoms with Gasteiger partial charge in [0.05, 0.1) is 11.0 Å². The highest BCUT2D eigenvalue weighted by Gasteiger charge is 2.18. The van der Waals surface area contributed by atoms with E-state index in [4.69, 9.17) is 4.74 Å². The smallest absolute Gasteiger partial charge is 0.240 e. The quantitative estimate of drug-likeness (QED) is 0.805. The van der Waals surface area contributed by atoms with Crippen molar-refractivity contribution < 1.29 is 13.2 Å². The Labute approximate surface area is 133 Å². The molecule has 5 nitrogen and oxygen atoms in total. The summed E-state index contributed by atoms with van der Waals surface area (Å²) >= 11 is 0. The van der Waals surface area contributed by atoms with Gasteiger partial charge in [0, 0.05) is 6.54 Å². The molecule has 2 N–H and O–H groups in total. The second-order valence-corrected chi connectivity index (χ2v) is 7.91. The fraction of sp³-hybridized carbons (Fsp3) is 0.625. The fourth-order valence-electron chi connectivity index (χ4n) is 2.62. The third kappa shape index (κ3) is 4.69. The van der Waals surface area contributed by atoms with Gasteiger partial charge in [0.1, 0.15) is 5.75 Å². The number of aryl methyl sites for hydroxylation is 1. The zero-order valence-corrected chi connectivity index (χ0v) is 14.4. The van der Waals surface area contributed by atoms with Gasteiger partial charge in [-0.3, -0.25) is 0 Å². The summed E-state index contributed by atoms with van der Waals surface area (Å²) in [4.78, 5) is 0.297. The summed E-state index contributed by atoms with van der Waals surface area (Å²) in [7, 11) is -3.45. The zero-order valence-electron chi connectivity index (χ0n) is 13.6. The number of hydrogen-bond acceptors (Lipinski definition) is 4. The molecule has 0 amide bonds. The number of hydrogen-bond donors (Lipinski definition) is 2. The predicted molar refractivity (Wildman–Crippen MR) is 87.7 cm³/mol. The molecule has 0 bridgehead atoms. The maximum atomic E-state index is 12.3. The zero-order chi connectivity index (χ0) is 16.2. The molecule has 1 fully saturated rings. The summed E-state index contributed by atoms with van der Waals surface area (Å²) in [6.07, 6.45) is 2.07. The minimum Gasteiger partial charge on any atom is -0.491 e. The van der Waals surface area contributed by atoms with Crippen molar-refractivity contribution in [2.75, 3.05) is 19.6 Å². The highest BCUT2D eigenvalue weighted by atomic mass is 32.2. The number of nitrogens with one attached hydrogen (secondary N) is 2. The van der Waals surface area contributed by atoms with Gasteiger partial charge in [0.15, 0.2) is 0 Å². The first kappa shape index (κ1) is 17.2. The van der Waals surface area contributed by atoms with Crippen LogP contribution in [0.15, 0.2) is 23.1 Å². The molecular weight excluding hydrogens is 300 g/mol. The van der Waals surface area contributed by atoms with Gasteiger partial charge >= 0.3 is 0 Å². The van der Waals surface area contributed by atoms with Crippen LogP contribution in [-0.2, 0) is 10.0 Å². The Hall–Kier alpha value is -1.11. The SMILES string of the molecule is Cc1cc(S(=O)(=O)NCCC2CCNC2)ccc1OC(C)C. The lowest BCUT2D eigenvalue weighted by Crippen LogP contribution is -2.26. The van der Waals surface area contributed by atoms with E-state index in [9.17, 15) is 8.42 Å². The predicted octanol–water partition coefficient (Wildman–Crippen LogP) is 2.06. The second-order valence-electron chi connectivity index (χ2n) is 6.14. The number of sulfonamides is 1. The molecule has 22 heavy (non-hydrogen) atoms. The maximum absolute atomic E-state index is 12.3. The van der Waals surface area contributed by atoms with E-state index in [1.165, 1.54) is 0 Å².